The van der Waals surface area contributed by atoms with E-state index in [0.717, 1.165) is 17.7 Å². The third-order valence-corrected chi connectivity index (χ3v) is 11.1. The number of carbonyl (C=O) groups is 1. The van der Waals surface area contributed by atoms with E-state index in [0.29, 0.717) is 49.7 Å². The van der Waals surface area contributed by atoms with Crippen LogP contribution in [0.5, 0.6) is 0 Å². The monoisotopic (exact) mass is 610 g/mol. The number of nitrogens with zero attached hydrogens (tertiary/aromatic N) is 2. The SMILES string of the molecule is CO[C@]12C=C[C@](C)(O1)[C@@H](OC(=O)CCc1cn(C)cn1)C[C@H]1C(C)=CC[C@H](C(C)C)[C@H]1/C=C\2COC1OCC(C)C(C)C1C. The van der Waals surface area contributed by atoms with Gasteiger partial charge in [-0.3, -0.25) is 4.79 Å². The summed E-state index contributed by atoms with van der Waals surface area (Å²) in [5, 5.41) is 0. The average Bonchev–Trinajstić information content (AvgIpc) is 3.58. The summed E-state index contributed by atoms with van der Waals surface area (Å²) in [6.07, 6.45) is 14.1. The van der Waals surface area contributed by atoms with Gasteiger partial charge in [-0.05, 0) is 74.3 Å². The largest absolute Gasteiger partial charge is 0.459 e. The van der Waals surface area contributed by atoms with Crippen molar-refractivity contribution < 1.29 is 28.5 Å². The van der Waals surface area contributed by atoms with Crippen LogP contribution >= 0.6 is 0 Å². The molecule has 1 aromatic rings. The van der Waals surface area contributed by atoms with E-state index >= 15 is 0 Å². The van der Waals surface area contributed by atoms with Gasteiger partial charge in [0.05, 0.1) is 31.7 Å². The zero-order chi connectivity index (χ0) is 31.8. The first kappa shape index (κ1) is 33.1. The maximum Gasteiger partial charge on any atom is 0.306 e. The molecule has 44 heavy (non-hydrogen) atoms. The fourth-order valence-corrected chi connectivity index (χ4v) is 7.65. The van der Waals surface area contributed by atoms with Crippen LogP contribution in [0.2, 0.25) is 0 Å². The van der Waals surface area contributed by atoms with Crippen LogP contribution in [0.1, 0.15) is 73.4 Å². The highest BCUT2D eigenvalue weighted by Crippen LogP contribution is 2.50. The summed E-state index contributed by atoms with van der Waals surface area (Å²) in [4.78, 5) is 17.7. The number of imidazole rings is 1. The van der Waals surface area contributed by atoms with Crippen molar-refractivity contribution in [2.45, 2.75) is 97.9 Å². The Labute approximate surface area is 264 Å². The van der Waals surface area contributed by atoms with E-state index in [-0.39, 0.29) is 36.4 Å². The number of esters is 1. The van der Waals surface area contributed by atoms with Crippen molar-refractivity contribution in [1.29, 1.82) is 0 Å². The smallest absolute Gasteiger partial charge is 0.306 e. The molecule has 4 unspecified atom stereocenters. The minimum Gasteiger partial charge on any atom is -0.459 e. The number of hydrogen-bond acceptors (Lipinski definition) is 7. The Morgan fingerprint density at radius 2 is 1.98 bits per heavy atom. The summed E-state index contributed by atoms with van der Waals surface area (Å²) < 4.78 is 34.2. The van der Waals surface area contributed by atoms with Crippen LogP contribution < -0.4 is 0 Å². The second-order valence-corrected chi connectivity index (χ2v) is 14.4. The predicted octanol–water partition coefficient (Wildman–Crippen LogP) is 6.42. The third kappa shape index (κ3) is 6.64. The zero-order valence-electron chi connectivity index (χ0n) is 28.2. The highest BCUT2D eigenvalue weighted by atomic mass is 16.7. The topological polar surface area (TPSA) is 81.0 Å². The lowest BCUT2D eigenvalue weighted by Gasteiger charge is -2.41. The normalized spacial score (nSPS) is 40.0. The minimum atomic E-state index is -1.13. The number of carbonyl (C=O) groups excluding carboxylic acids is 1. The van der Waals surface area contributed by atoms with Crippen molar-refractivity contribution in [2.24, 2.45) is 48.5 Å². The Balaban J connectivity index is 1.46. The van der Waals surface area contributed by atoms with E-state index in [9.17, 15) is 4.79 Å². The molecule has 3 aliphatic heterocycles. The van der Waals surface area contributed by atoms with Crippen molar-refractivity contribution in [2.75, 3.05) is 20.3 Å². The van der Waals surface area contributed by atoms with Crippen LogP contribution in [-0.4, -0.2) is 59.6 Å². The molecule has 8 heteroatoms. The lowest BCUT2D eigenvalue weighted by Crippen LogP contribution is -2.48. The van der Waals surface area contributed by atoms with Crippen molar-refractivity contribution in [3.63, 3.8) is 0 Å². The summed E-state index contributed by atoms with van der Waals surface area (Å²) in [7, 11) is 3.61. The summed E-state index contributed by atoms with van der Waals surface area (Å²) >= 11 is 0. The molecule has 4 aliphatic rings. The molecule has 4 heterocycles. The van der Waals surface area contributed by atoms with E-state index in [1.807, 2.05) is 36.9 Å². The molecule has 1 fully saturated rings. The average molecular weight is 611 g/mol. The molecule has 0 radical (unpaired) electrons. The molecule has 1 aliphatic carbocycles. The van der Waals surface area contributed by atoms with E-state index in [1.54, 1.807) is 13.4 Å². The maximum atomic E-state index is 13.3. The fourth-order valence-electron chi connectivity index (χ4n) is 7.65. The molecule has 0 spiro atoms. The zero-order valence-corrected chi connectivity index (χ0v) is 28.2. The molecular formula is C36H54N2O6. The molecular weight excluding hydrogens is 556 g/mol. The van der Waals surface area contributed by atoms with Gasteiger partial charge in [0.2, 0.25) is 5.79 Å². The first-order chi connectivity index (χ1) is 20.9. The molecule has 2 bridgehead atoms. The number of rotatable bonds is 9. The Kier molecular flexibility index (Phi) is 9.96. The second kappa shape index (κ2) is 13.2. The Morgan fingerprint density at radius 3 is 2.66 bits per heavy atom. The third-order valence-electron chi connectivity index (χ3n) is 11.1. The fraction of sp³-hybridized carbons (Fsp3) is 0.722. The molecule has 0 N–H and O–H groups in total. The molecule has 0 aromatic carbocycles. The lowest BCUT2D eigenvalue weighted by atomic mass is 9.65. The predicted molar refractivity (Wildman–Crippen MR) is 169 cm³/mol. The standard InChI is InChI=1S/C36H54N2O6/c1-22(2)29-12-10-23(3)30-17-32(43-33(39)13-11-28-18-38(8)21-37-28)35(7)14-15-36(40-9,44-35)27(16-31(29)30)20-42-34-26(6)25(5)24(4)19-41-34/h10,14-16,18,21-22,24-26,29-32,34H,11-13,17,19-20H2,1-9H3/b27-16-/t24?,25?,26?,29-,30+,31-,32+,34?,35+,36-/m1/s1. The van der Waals surface area contributed by atoms with Crippen LogP contribution in [0.4, 0.5) is 0 Å². The van der Waals surface area contributed by atoms with Gasteiger partial charge >= 0.3 is 5.97 Å². The number of ether oxygens (including phenoxy) is 5. The summed E-state index contributed by atoms with van der Waals surface area (Å²) in [6.45, 7) is 16.6. The molecule has 0 amide bonds. The Bertz CT molecular complexity index is 1270. The first-order valence-electron chi connectivity index (χ1n) is 16.6. The van der Waals surface area contributed by atoms with Gasteiger partial charge in [-0.15, -0.1) is 0 Å². The van der Waals surface area contributed by atoms with Gasteiger partial charge in [-0.1, -0.05) is 52.3 Å². The van der Waals surface area contributed by atoms with Crippen LogP contribution in [0, 0.1) is 41.4 Å². The van der Waals surface area contributed by atoms with Crippen molar-refractivity contribution in [3.8, 4) is 0 Å². The van der Waals surface area contributed by atoms with Crippen LogP contribution in [-0.2, 0) is 41.9 Å². The van der Waals surface area contributed by atoms with Gasteiger partial charge < -0.3 is 28.3 Å². The lowest BCUT2D eigenvalue weighted by molar-refractivity contribution is -0.240. The number of methoxy groups -OCH3 is 1. The molecule has 5 rings (SSSR count). The van der Waals surface area contributed by atoms with Gasteiger partial charge in [0.1, 0.15) is 11.7 Å². The number of aryl methyl sites for hydroxylation is 2. The van der Waals surface area contributed by atoms with E-state index in [1.165, 1.54) is 5.57 Å². The Hall–Kier alpha value is -2.26. The highest BCUT2D eigenvalue weighted by Gasteiger charge is 2.53. The minimum absolute atomic E-state index is 0.188. The van der Waals surface area contributed by atoms with Crippen molar-refractivity contribution in [1.82, 2.24) is 9.55 Å². The maximum absolute atomic E-state index is 13.3. The molecule has 244 valence electrons. The number of allylic oxidation sites excluding steroid dienone is 3. The molecule has 8 nitrogen and oxygen atoms in total. The van der Waals surface area contributed by atoms with E-state index < -0.39 is 17.5 Å². The van der Waals surface area contributed by atoms with E-state index in [2.05, 4.69) is 58.7 Å². The van der Waals surface area contributed by atoms with Crippen LogP contribution in [0.25, 0.3) is 0 Å². The number of fused-ring (bicyclic) bond motifs is 3. The Morgan fingerprint density at radius 1 is 1.20 bits per heavy atom. The second-order valence-electron chi connectivity index (χ2n) is 14.4. The van der Waals surface area contributed by atoms with Crippen molar-refractivity contribution >= 4 is 5.97 Å². The number of hydrogen-bond donors (Lipinski definition) is 0. The summed E-state index contributed by atoms with van der Waals surface area (Å²) in [6, 6.07) is 0. The van der Waals surface area contributed by atoms with Crippen LogP contribution in [0.3, 0.4) is 0 Å². The summed E-state index contributed by atoms with van der Waals surface area (Å²) in [5.41, 5.74) is 2.27. The molecule has 10 atom stereocenters. The number of aromatic nitrogens is 2. The van der Waals surface area contributed by atoms with Gasteiger partial charge in [0, 0.05) is 38.3 Å². The van der Waals surface area contributed by atoms with Gasteiger partial charge in [0.25, 0.3) is 0 Å². The molecule has 1 aromatic heterocycles. The molecule has 1 saturated heterocycles. The van der Waals surface area contributed by atoms with Crippen molar-refractivity contribution in [3.05, 3.63) is 53.7 Å². The quantitative estimate of drug-likeness (QED) is 0.236. The van der Waals surface area contributed by atoms with Gasteiger partial charge in [-0.2, -0.15) is 0 Å². The summed E-state index contributed by atoms with van der Waals surface area (Å²) in [5.74, 6) is 1.18. The van der Waals surface area contributed by atoms with Crippen LogP contribution in [0.15, 0.2) is 48.0 Å². The molecule has 0 saturated carbocycles. The first-order valence-corrected chi connectivity index (χ1v) is 16.6. The van der Waals surface area contributed by atoms with Gasteiger partial charge in [0.15, 0.2) is 6.29 Å². The van der Waals surface area contributed by atoms with Gasteiger partial charge in [-0.25, -0.2) is 4.98 Å². The van der Waals surface area contributed by atoms with E-state index in [4.69, 9.17) is 23.7 Å². The highest BCUT2D eigenvalue weighted by molar-refractivity contribution is 5.70.